The van der Waals surface area contributed by atoms with Crippen LogP contribution in [-0.2, 0) is 27.2 Å². The minimum absolute atomic E-state index is 0.0591. The molecule has 0 aliphatic rings. The van der Waals surface area contributed by atoms with Gasteiger partial charge in [0.2, 0.25) is 5.91 Å². The van der Waals surface area contributed by atoms with Gasteiger partial charge in [-0.15, -0.1) is 0 Å². The van der Waals surface area contributed by atoms with Crippen molar-refractivity contribution in [1.29, 1.82) is 0 Å². The molecule has 37 heavy (non-hydrogen) atoms. The summed E-state index contributed by atoms with van der Waals surface area (Å²) in [6.07, 6.45) is 0.0774. The number of carbonyl (C=O) groups is 3. The molecule has 2 amide bonds. The summed E-state index contributed by atoms with van der Waals surface area (Å²) < 4.78 is 5.37. The normalized spacial score (nSPS) is 13.8. The predicted octanol–water partition coefficient (Wildman–Crippen LogP) is 3.73. The molecule has 0 saturated carbocycles. The molecule has 0 saturated heterocycles. The monoisotopic (exact) mass is 511 g/mol. The van der Waals surface area contributed by atoms with E-state index in [0.29, 0.717) is 6.42 Å². The highest BCUT2D eigenvalue weighted by molar-refractivity contribution is 5.91. The van der Waals surface area contributed by atoms with E-state index in [-0.39, 0.29) is 42.9 Å². The van der Waals surface area contributed by atoms with Gasteiger partial charge in [-0.3, -0.25) is 9.59 Å². The van der Waals surface area contributed by atoms with Crippen LogP contribution in [-0.4, -0.2) is 47.1 Å². The average molecular weight is 512 g/mol. The number of Topliss-reactive ketones (excluding diaryl/α,β-unsaturated/α-hetero) is 1. The molecule has 0 unspecified atom stereocenters. The zero-order valence-electron chi connectivity index (χ0n) is 22.8. The highest BCUT2D eigenvalue weighted by Gasteiger charge is 2.28. The third kappa shape index (κ3) is 10.2. The fourth-order valence-corrected chi connectivity index (χ4v) is 4.12. The van der Waals surface area contributed by atoms with Gasteiger partial charge in [-0.1, -0.05) is 37.3 Å². The highest BCUT2D eigenvalue weighted by atomic mass is 16.6. The Balaban J connectivity index is 2.05. The number of alkyl carbamates (subject to hydrolysis) is 1. The fourth-order valence-electron chi connectivity index (χ4n) is 4.12. The second kappa shape index (κ2) is 13.2. The molecule has 2 aromatic rings. The van der Waals surface area contributed by atoms with E-state index in [0.717, 1.165) is 22.3 Å². The summed E-state index contributed by atoms with van der Waals surface area (Å²) in [6.45, 7) is 10.9. The first-order valence-corrected chi connectivity index (χ1v) is 12.6. The van der Waals surface area contributed by atoms with E-state index in [1.165, 1.54) is 0 Å². The molecule has 0 spiro atoms. The molecule has 0 aliphatic carbocycles. The number of ketones is 1. The van der Waals surface area contributed by atoms with Crippen LogP contribution in [0.15, 0.2) is 42.5 Å². The van der Waals surface area contributed by atoms with Gasteiger partial charge in [0.05, 0.1) is 6.04 Å². The van der Waals surface area contributed by atoms with Crippen molar-refractivity contribution in [1.82, 2.24) is 10.6 Å². The molecule has 0 radical (unpaired) electrons. The predicted molar refractivity (Wildman–Crippen MR) is 144 cm³/mol. The van der Waals surface area contributed by atoms with Crippen LogP contribution >= 0.6 is 0 Å². The summed E-state index contributed by atoms with van der Waals surface area (Å²) in [6, 6.07) is 11.9. The van der Waals surface area contributed by atoms with Gasteiger partial charge in [-0.05, 0) is 75.4 Å². The molecule has 202 valence electrons. The number of rotatable bonds is 11. The smallest absolute Gasteiger partial charge is 0.408 e. The van der Waals surface area contributed by atoms with Gasteiger partial charge in [-0.25, -0.2) is 4.79 Å². The molecule has 0 aromatic heterocycles. The molecule has 3 atom stereocenters. The number of ether oxygens (including phenoxy) is 1. The van der Waals surface area contributed by atoms with Crippen LogP contribution in [0.2, 0.25) is 0 Å². The maximum absolute atomic E-state index is 13.3. The van der Waals surface area contributed by atoms with Crippen LogP contribution in [0.4, 0.5) is 4.79 Å². The van der Waals surface area contributed by atoms with Crippen LogP contribution in [0.25, 0.3) is 0 Å². The Bertz CT molecular complexity index is 1060. The molecule has 5 N–H and O–H groups in total. The summed E-state index contributed by atoms with van der Waals surface area (Å²) in [5.41, 5.74) is 8.98. The van der Waals surface area contributed by atoms with Crippen LogP contribution in [0.1, 0.15) is 56.4 Å². The number of benzene rings is 2. The van der Waals surface area contributed by atoms with E-state index >= 15 is 0 Å². The second-order valence-corrected chi connectivity index (χ2v) is 10.7. The molecule has 2 rings (SSSR count). The van der Waals surface area contributed by atoms with Crippen molar-refractivity contribution in [3.63, 3.8) is 0 Å². The van der Waals surface area contributed by atoms with Crippen LogP contribution < -0.4 is 16.4 Å². The van der Waals surface area contributed by atoms with E-state index in [2.05, 4.69) is 10.6 Å². The van der Waals surface area contributed by atoms with Gasteiger partial charge in [0.25, 0.3) is 0 Å². The molecule has 2 aromatic carbocycles. The summed E-state index contributed by atoms with van der Waals surface area (Å²) in [5, 5.41) is 15.4. The Morgan fingerprint density at radius 2 is 1.62 bits per heavy atom. The van der Waals surface area contributed by atoms with E-state index in [4.69, 9.17) is 10.5 Å². The standard InChI is InChI=1S/C29H41N3O5/c1-18-12-23(33)13-19(2)24(18)16-25(32-28(36)37-29(4,5)6)26(34)14-20(3)27(35)31-17-22(30)15-21-10-8-7-9-11-21/h7-13,20,22,25,33H,14-17,30H2,1-6H3,(H,31,35)(H,32,36)/t20-,22+,25-/m0/s1. The maximum atomic E-state index is 13.3. The lowest BCUT2D eigenvalue weighted by atomic mass is 9.91. The zero-order chi connectivity index (χ0) is 27.8. The third-order valence-electron chi connectivity index (χ3n) is 6.00. The van der Waals surface area contributed by atoms with Crippen LogP contribution in [0.3, 0.4) is 0 Å². The van der Waals surface area contributed by atoms with Gasteiger partial charge in [0, 0.05) is 31.3 Å². The topological polar surface area (TPSA) is 131 Å². The molecule has 8 nitrogen and oxygen atoms in total. The van der Waals surface area contributed by atoms with E-state index in [1.54, 1.807) is 39.8 Å². The number of nitrogens with two attached hydrogens (primary N) is 1. The van der Waals surface area contributed by atoms with Gasteiger partial charge >= 0.3 is 6.09 Å². The first-order chi connectivity index (χ1) is 17.2. The first-order valence-electron chi connectivity index (χ1n) is 12.6. The maximum Gasteiger partial charge on any atom is 0.408 e. The van der Waals surface area contributed by atoms with Crippen molar-refractivity contribution < 1.29 is 24.2 Å². The van der Waals surface area contributed by atoms with E-state index in [1.807, 2.05) is 44.2 Å². The molecular weight excluding hydrogens is 470 g/mol. The Hall–Kier alpha value is -3.39. The van der Waals surface area contributed by atoms with Crippen LogP contribution in [0, 0.1) is 19.8 Å². The van der Waals surface area contributed by atoms with E-state index in [9.17, 15) is 19.5 Å². The number of hydrogen-bond donors (Lipinski definition) is 4. The summed E-state index contributed by atoms with van der Waals surface area (Å²) in [7, 11) is 0. The molecule has 0 heterocycles. The minimum atomic E-state index is -0.896. The molecule has 0 aliphatic heterocycles. The van der Waals surface area contributed by atoms with Gasteiger partial charge in [-0.2, -0.15) is 0 Å². The van der Waals surface area contributed by atoms with Crippen molar-refractivity contribution in [2.75, 3.05) is 6.54 Å². The molecular formula is C29H41N3O5. The number of aromatic hydroxyl groups is 1. The summed E-state index contributed by atoms with van der Waals surface area (Å²) >= 11 is 0. The minimum Gasteiger partial charge on any atom is -0.508 e. The third-order valence-corrected chi connectivity index (χ3v) is 6.00. The number of nitrogens with one attached hydrogen (secondary N) is 2. The van der Waals surface area contributed by atoms with Crippen molar-refractivity contribution in [3.05, 3.63) is 64.7 Å². The average Bonchev–Trinajstić information content (AvgIpc) is 2.78. The summed E-state index contributed by atoms with van der Waals surface area (Å²) in [4.78, 5) is 38.5. The lowest BCUT2D eigenvalue weighted by Crippen LogP contribution is -2.46. The lowest BCUT2D eigenvalue weighted by Gasteiger charge is -2.25. The largest absolute Gasteiger partial charge is 0.508 e. The van der Waals surface area contributed by atoms with Gasteiger partial charge < -0.3 is 26.2 Å². The van der Waals surface area contributed by atoms with Crippen molar-refractivity contribution in [3.8, 4) is 5.75 Å². The van der Waals surface area contributed by atoms with Crippen molar-refractivity contribution >= 4 is 17.8 Å². The number of hydrogen-bond acceptors (Lipinski definition) is 6. The Morgan fingerprint density at radius 3 is 2.19 bits per heavy atom. The highest BCUT2D eigenvalue weighted by Crippen LogP contribution is 2.23. The van der Waals surface area contributed by atoms with Gasteiger partial charge in [0.15, 0.2) is 5.78 Å². The SMILES string of the molecule is Cc1cc(O)cc(C)c1C[C@H](NC(=O)OC(C)(C)C)C(=O)C[C@H](C)C(=O)NC[C@H](N)Cc1ccccc1. The Labute approximate surface area is 220 Å². The molecule has 8 heteroatoms. The molecule has 0 bridgehead atoms. The van der Waals surface area contributed by atoms with Gasteiger partial charge in [0.1, 0.15) is 11.4 Å². The Kier molecular flexibility index (Phi) is 10.7. The second-order valence-electron chi connectivity index (χ2n) is 10.7. The zero-order valence-corrected chi connectivity index (χ0v) is 22.8. The Morgan fingerprint density at radius 1 is 1.03 bits per heavy atom. The first kappa shape index (κ1) is 29.8. The number of aryl methyl sites for hydroxylation is 2. The number of amides is 2. The van der Waals surface area contributed by atoms with Crippen LogP contribution in [0.5, 0.6) is 5.75 Å². The molecule has 0 fully saturated rings. The van der Waals surface area contributed by atoms with Crippen molar-refractivity contribution in [2.24, 2.45) is 11.7 Å². The lowest BCUT2D eigenvalue weighted by molar-refractivity contribution is -0.129. The van der Waals surface area contributed by atoms with Crippen molar-refractivity contribution in [2.45, 2.75) is 78.5 Å². The summed E-state index contributed by atoms with van der Waals surface area (Å²) in [5.74, 6) is -1.03. The quantitative estimate of drug-likeness (QED) is 0.364. The fraction of sp³-hybridized carbons (Fsp3) is 0.483. The number of phenols is 1. The number of phenolic OH excluding ortho intramolecular Hbond substituents is 1. The van der Waals surface area contributed by atoms with E-state index < -0.39 is 23.7 Å². The number of carbonyl (C=O) groups excluding carboxylic acids is 3.